The van der Waals surface area contributed by atoms with Crippen LogP contribution in [0.3, 0.4) is 0 Å². The van der Waals surface area contributed by atoms with Crippen LogP contribution in [0, 0.1) is 11.8 Å². The maximum Gasteiger partial charge on any atom is 0.237 e. The van der Waals surface area contributed by atoms with Gasteiger partial charge in [-0.25, -0.2) is 0 Å². The average molecular weight is 216 g/mol. The van der Waals surface area contributed by atoms with Crippen molar-refractivity contribution in [2.75, 3.05) is 6.61 Å². The van der Waals surface area contributed by atoms with E-state index in [9.17, 15) is 4.79 Å². The predicted molar refractivity (Wildman–Crippen MR) is 61.3 cm³/mol. The summed E-state index contributed by atoms with van der Waals surface area (Å²) in [5.41, 5.74) is 5.73. The fourth-order valence-corrected chi connectivity index (χ4v) is 1.33. The Bertz CT molecular complexity index is 193. The lowest BCUT2D eigenvalue weighted by molar-refractivity contribution is -0.124. The molecule has 4 N–H and O–H groups in total. The number of hydrogen-bond acceptors (Lipinski definition) is 3. The molecule has 2 atom stereocenters. The van der Waals surface area contributed by atoms with Crippen molar-refractivity contribution in [2.45, 2.75) is 46.2 Å². The smallest absolute Gasteiger partial charge is 0.237 e. The molecule has 0 fully saturated rings. The van der Waals surface area contributed by atoms with Gasteiger partial charge in [0.25, 0.3) is 0 Å². The normalized spacial score (nSPS) is 15.5. The third-order valence-electron chi connectivity index (χ3n) is 2.39. The summed E-state index contributed by atoms with van der Waals surface area (Å²) >= 11 is 0. The molecule has 0 aliphatic rings. The SMILES string of the molecule is CC(C)CC(N)C(=O)NC(CO)C(C)C. The van der Waals surface area contributed by atoms with E-state index in [1.165, 1.54) is 0 Å². The lowest BCUT2D eigenvalue weighted by Crippen LogP contribution is -2.49. The lowest BCUT2D eigenvalue weighted by atomic mass is 10.0. The Morgan fingerprint density at radius 1 is 1.33 bits per heavy atom. The lowest BCUT2D eigenvalue weighted by Gasteiger charge is -2.22. The zero-order valence-corrected chi connectivity index (χ0v) is 10.2. The van der Waals surface area contributed by atoms with E-state index in [1.807, 2.05) is 27.7 Å². The molecule has 0 aromatic rings. The highest BCUT2D eigenvalue weighted by molar-refractivity contribution is 5.81. The van der Waals surface area contributed by atoms with Gasteiger partial charge in [-0.15, -0.1) is 0 Å². The standard InChI is InChI=1S/C11H24N2O2/c1-7(2)5-9(12)11(15)13-10(6-14)8(3)4/h7-10,14H,5-6,12H2,1-4H3,(H,13,15). The van der Waals surface area contributed by atoms with Crippen LogP contribution in [0.5, 0.6) is 0 Å². The van der Waals surface area contributed by atoms with Gasteiger partial charge in [-0.2, -0.15) is 0 Å². The minimum Gasteiger partial charge on any atom is -0.394 e. The summed E-state index contributed by atoms with van der Waals surface area (Å²) < 4.78 is 0. The van der Waals surface area contributed by atoms with Gasteiger partial charge in [-0.3, -0.25) is 4.79 Å². The van der Waals surface area contributed by atoms with Gasteiger partial charge >= 0.3 is 0 Å². The summed E-state index contributed by atoms with van der Waals surface area (Å²) in [7, 11) is 0. The van der Waals surface area contributed by atoms with E-state index in [0.717, 1.165) is 0 Å². The molecular weight excluding hydrogens is 192 g/mol. The Morgan fingerprint density at radius 2 is 1.87 bits per heavy atom. The molecule has 0 radical (unpaired) electrons. The number of carbonyl (C=O) groups excluding carboxylic acids is 1. The van der Waals surface area contributed by atoms with E-state index >= 15 is 0 Å². The van der Waals surface area contributed by atoms with Crippen molar-refractivity contribution < 1.29 is 9.90 Å². The van der Waals surface area contributed by atoms with Crippen LogP contribution in [-0.2, 0) is 4.79 Å². The Hall–Kier alpha value is -0.610. The molecule has 0 heterocycles. The predicted octanol–water partition coefficient (Wildman–Crippen LogP) is 0.493. The molecule has 0 aliphatic carbocycles. The second-order valence-electron chi connectivity index (χ2n) is 4.78. The van der Waals surface area contributed by atoms with Crippen molar-refractivity contribution >= 4 is 5.91 Å². The van der Waals surface area contributed by atoms with Crippen LogP contribution in [0.15, 0.2) is 0 Å². The van der Waals surface area contributed by atoms with Crippen LogP contribution < -0.4 is 11.1 Å². The van der Waals surface area contributed by atoms with E-state index in [2.05, 4.69) is 5.32 Å². The number of rotatable bonds is 6. The zero-order chi connectivity index (χ0) is 12.0. The topological polar surface area (TPSA) is 75.4 Å². The number of carbonyl (C=O) groups is 1. The molecule has 0 saturated carbocycles. The molecule has 0 aromatic heterocycles. The van der Waals surface area contributed by atoms with Gasteiger partial charge in [0.1, 0.15) is 0 Å². The largest absolute Gasteiger partial charge is 0.394 e. The molecule has 1 amide bonds. The molecule has 90 valence electrons. The summed E-state index contributed by atoms with van der Waals surface area (Å²) in [5, 5.41) is 11.8. The number of hydrogen-bond donors (Lipinski definition) is 3. The van der Waals surface area contributed by atoms with Crippen LogP contribution in [-0.4, -0.2) is 29.7 Å². The molecule has 4 heteroatoms. The first-order chi connectivity index (χ1) is 6.88. The molecule has 0 saturated heterocycles. The van der Waals surface area contributed by atoms with Gasteiger partial charge in [0.2, 0.25) is 5.91 Å². The Labute approximate surface area is 92.2 Å². The van der Waals surface area contributed by atoms with Gasteiger partial charge in [0, 0.05) is 0 Å². The average Bonchev–Trinajstić information content (AvgIpc) is 2.11. The van der Waals surface area contributed by atoms with Crippen LogP contribution in [0.2, 0.25) is 0 Å². The summed E-state index contributed by atoms with van der Waals surface area (Å²) in [4.78, 5) is 11.6. The highest BCUT2D eigenvalue weighted by atomic mass is 16.3. The van der Waals surface area contributed by atoms with Gasteiger partial charge in [-0.05, 0) is 18.3 Å². The van der Waals surface area contributed by atoms with Crippen molar-refractivity contribution in [3.63, 3.8) is 0 Å². The Balaban J connectivity index is 4.10. The molecule has 0 rings (SSSR count). The summed E-state index contributed by atoms with van der Waals surface area (Å²) in [6.45, 7) is 7.92. The molecule has 4 nitrogen and oxygen atoms in total. The first kappa shape index (κ1) is 14.4. The number of aliphatic hydroxyl groups is 1. The highest BCUT2D eigenvalue weighted by Gasteiger charge is 2.20. The first-order valence-electron chi connectivity index (χ1n) is 5.55. The Morgan fingerprint density at radius 3 is 2.20 bits per heavy atom. The second-order valence-corrected chi connectivity index (χ2v) is 4.78. The summed E-state index contributed by atoms with van der Waals surface area (Å²) in [6.07, 6.45) is 0.669. The van der Waals surface area contributed by atoms with Crippen molar-refractivity contribution in [2.24, 2.45) is 17.6 Å². The minimum atomic E-state index is -0.474. The maximum atomic E-state index is 11.6. The van der Waals surface area contributed by atoms with Crippen LogP contribution in [0.1, 0.15) is 34.1 Å². The molecule has 2 unspecified atom stereocenters. The molecule has 0 bridgehead atoms. The van der Waals surface area contributed by atoms with Gasteiger partial charge in [-0.1, -0.05) is 27.7 Å². The van der Waals surface area contributed by atoms with E-state index in [0.29, 0.717) is 12.3 Å². The van der Waals surface area contributed by atoms with E-state index in [4.69, 9.17) is 10.8 Å². The van der Waals surface area contributed by atoms with Crippen LogP contribution in [0.25, 0.3) is 0 Å². The quantitative estimate of drug-likeness (QED) is 0.605. The number of aliphatic hydroxyl groups excluding tert-OH is 1. The number of amides is 1. The van der Waals surface area contributed by atoms with Gasteiger partial charge < -0.3 is 16.2 Å². The monoisotopic (exact) mass is 216 g/mol. The van der Waals surface area contributed by atoms with Crippen molar-refractivity contribution in [3.8, 4) is 0 Å². The second kappa shape index (κ2) is 6.80. The first-order valence-corrected chi connectivity index (χ1v) is 5.55. The zero-order valence-electron chi connectivity index (χ0n) is 10.2. The van der Waals surface area contributed by atoms with Crippen molar-refractivity contribution in [1.29, 1.82) is 0 Å². The van der Waals surface area contributed by atoms with Crippen LogP contribution in [0.4, 0.5) is 0 Å². The Kier molecular flexibility index (Phi) is 6.52. The van der Waals surface area contributed by atoms with Crippen LogP contribution >= 0.6 is 0 Å². The molecule has 15 heavy (non-hydrogen) atoms. The third-order valence-corrected chi connectivity index (χ3v) is 2.39. The molecule has 0 spiro atoms. The highest BCUT2D eigenvalue weighted by Crippen LogP contribution is 2.05. The maximum absolute atomic E-state index is 11.6. The molecule has 0 aliphatic heterocycles. The number of nitrogens with one attached hydrogen (secondary N) is 1. The van der Waals surface area contributed by atoms with Crippen molar-refractivity contribution in [3.05, 3.63) is 0 Å². The fourth-order valence-electron chi connectivity index (χ4n) is 1.33. The fraction of sp³-hybridized carbons (Fsp3) is 0.909. The molecular formula is C11H24N2O2. The van der Waals surface area contributed by atoms with E-state index in [1.54, 1.807) is 0 Å². The van der Waals surface area contributed by atoms with Crippen molar-refractivity contribution in [1.82, 2.24) is 5.32 Å². The third kappa shape index (κ3) is 5.74. The van der Waals surface area contributed by atoms with Gasteiger partial charge in [0.05, 0.1) is 18.7 Å². The van der Waals surface area contributed by atoms with E-state index < -0.39 is 6.04 Å². The number of nitrogens with two attached hydrogens (primary N) is 1. The molecule has 0 aromatic carbocycles. The van der Waals surface area contributed by atoms with E-state index in [-0.39, 0.29) is 24.5 Å². The summed E-state index contributed by atoms with van der Waals surface area (Å²) in [6, 6.07) is -0.673. The summed E-state index contributed by atoms with van der Waals surface area (Å²) in [5.74, 6) is 0.444. The minimum absolute atomic E-state index is 0.0438. The van der Waals surface area contributed by atoms with Gasteiger partial charge in [0.15, 0.2) is 0 Å².